The molecule has 1 aliphatic carbocycles. The third-order valence-electron chi connectivity index (χ3n) is 6.38. The fourth-order valence-electron chi connectivity index (χ4n) is 4.41. The molecule has 2 aliphatic rings. The van der Waals surface area contributed by atoms with Crippen LogP contribution >= 0.6 is 0 Å². The Morgan fingerprint density at radius 2 is 2.07 bits per heavy atom. The molecule has 6 heteroatoms. The zero-order chi connectivity index (χ0) is 21.4. The number of aliphatic hydroxyl groups is 4. The van der Waals surface area contributed by atoms with Gasteiger partial charge in [-0.3, -0.25) is 0 Å². The molecule has 0 aromatic rings. The Hall–Kier alpha value is -1.39. The standard InChI is InChI=1S/C23H37NO5/c1-3-4-6-15(2)20(27)10-9-18-19-11-22(29-23(19)12-21(18)28)16(13-24)7-5-8-17(26)14-25/h9-10,15,17-21,23,25-28H,3-8,11-12,14H2,1-2H3/t15?,17?,18-,19-,20-,21-,23+/m1/s1. The van der Waals surface area contributed by atoms with Crippen LogP contribution in [-0.4, -0.2) is 51.4 Å². The zero-order valence-corrected chi connectivity index (χ0v) is 17.7. The summed E-state index contributed by atoms with van der Waals surface area (Å²) in [5.74, 6) is 0.918. The highest BCUT2D eigenvalue weighted by Crippen LogP contribution is 2.46. The lowest BCUT2D eigenvalue weighted by molar-refractivity contribution is 0.0864. The summed E-state index contributed by atoms with van der Waals surface area (Å²) in [4.78, 5) is 0. The third kappa shape index (κ3) is 6.55. The molecule has 0 amide bonds. The van der Waals surface area contributed by atoms with Crippen molar-refractivity contribution < 1.29 is 25.2 Å². The molecular formula is C23H37NO5. The highest BCUT2D eigenvalue weighted by molar-refractivity contribution is 5.28. The molecule has 164 valence electrons. The van der Waals surface area contributed by atoms with Crippen LogP contribution in [0.2, 0.25) is 0 Å². The lowest BCUT2D eigenvalue weighted by Gasteiger charge is -2.18. The molecule has 2 fully saturated rings. The van der Waals surface area contributed by atoms with E-state index in [1.807, 2.05) is 19.1 Å². The van der Waals surface area contributed by atoms with E-state index < -0.39 is 18.3 Å². The Bertz CT molecular complexity index is 611. The minimum absolute atomic E-state index is 0.0818. The monoisotopic (exact) mass is 407 g/mol. The van der Waals surface area contributed by atoms with E-state index in [1.165, 1.54) is 0 Å². The second-order valence-electron chi connectivity index (χ2n) is 8.64. The first kappa shape index (κ1) is 23.9. The summed E-state index contributed by atoms with van der Waals surface area (Å²) in [5, 5.41) is 48.7. The average molecular weight is 408 g/mol. The van der Waals surface area contributed by atoms with Crippen LogP contribution in [0.15, 0.2) is 23.5 Å². The fourth-order valence-corrected chi connectivity index (χ4v) is 4.41. The SMILES string of the molecule is CCCCC(C)[C@H](O)C=C[C@@H]1[C@H]2CC(=C(C#N)CCCC(O)CO)O[C@H]2C[C@H]1O. The topological polar surface area (TPSA) is 114 Å². The van der Waals surface area contributed by atoms with Crippen molar-refractivity contribution in [1.29, 1.82) is 5.26 Å². The summed E-state index contributed by atoms with van der Waals surface area (Å²) in [6, 6.07) is 2.23. The molecule has 29 heavy (non-hydrogen) atoms. The van der Waals surface area contributed by atoms with Crippen LogP contribution in [0.1, 0.15) is 65.2 Å². The molecule has 0 aromatic carbocycles. The molecule has 0 spiro atoms. The van der Waals surface area contributed by atoms with Gasteiger partial charge in [-0.25, -0.2) is 0 Å². The van der Waals surface area contributed by atoms with Crippen molar-refractivity contribution in [2.24, 2.45) is 17.8 Å². The van der Waals surface area contributed by atoms with E-state index in [0.29, 0.717) is 43.4 Å². The molecular weight excluding hydrogens is 370 g/mol. The van der Waals surface area contributed by atoms with E-state index in [-0.39, 0.29) is 30.5 Å². The Morgan fingerprint density at radius 3 is 2.72 bits per heavy atom. The molecule has 0 radical (unpaired) electrons. The van der Waals surface area contributed by atoms with Crippen molar-refractivity contribution in [3.8, 4) is 6.07 Å². The maximum atomic E-state index is 10.5. The first-order valence-corrected chi connectivity index (χ1v) is 11.0. The number of allylic oxidation sites excluding steroid dienone is 2. The van der Waals surface area contributed by atoms with E-state index in [2.05, 4.69) is 13.0 Å². The summed E-state index contributed by atoms with van der Waals surface area (Å²) in [6.45, 7) is 3.92. The molecule has 1 heterocycles. The van der Waals surface area contributed by atoms with Crippen LogP contribution in [0.5, 0.6) is 0 Å². The Labute approximate surface area is 174 Å². The fraction of sp³-hybridized carbons (Fsp3) is 0.783. The van der Waals surface area contributed by atoms with Crippen molar-refractivity contribution in [2.45, 2.75) is 89.6 Å². The Kier molecular flexibility index (Phi) is 9.64. The molecule has 6 nitrogen and oxygen atoms in total. The minimum Gasteiger partial charge on any atom is -0.493 e. The summed E-state index contributed by atoms with van der Waals surface area (Å²) < 4.78 is 6.02. The van der Waals surface area contributed by atoms with Gasteiger partial charge in [0.05, 0.1) is 36.6 Å². The maximum Gasteiger partial charge on any atom is 0.110 e. The second kappa shape index (κ2) is 11.7. The lowest BCUT2D eigenvalue weighted by Crippen LogP contribution is -2.20. The van der Waals surface area contributed by atoms with Crippen molar-refractivity contribution in [2.75, 3.05) is 6.61 Å². The molecule has 1 saturated heterocycles. The molecule has 1 saturated carbocycles. The number of unbranched alkanes of at least 4 members (excludes halogenated alkanes) is 1. The quantitative estimate of drug-likeness (QED) is 0.309. The number of hydrogen-bond donors (Lipinski definition) is 4. The number of aliphatic hydroxyl groups excluding tert-OH is 4. The van der Waals surface area contributed by atoms with Crippen LogP contribution in [0.4, 0.5) is 0 Å². The Morgan fingerprint density at radius 1 is 1.31 bits per heavy atom. The van der Waals surface area contributed by atoms with Gasteiger partial charge in [0, 0.05) is 24.7 Å². The number of nitriles is 1. The van der Waals surface area contributed by atoms with Crippen LogP contribution in [0, 0.1) is 29.1 Å². The number of nitrogens with zero attached hydrogens (tertiary/aromatic N) is 1. The van der Waals surface area contributed by atoms with E-state index in [1.54, 1.807) is 0 Å². The number of fused-ring (bicyclic) bond motifs is 1. The van der Waals surface area contributed by atoms with Gasteiger partial charge in [0.2, 0.25) is 0 Å². The van der Waals surface area contributed by atoms with Crippen LogP contribution in [0.3, 0.4) is 0 Å². The Balaban J connectivity index is 1.98. The summed E-state index contributed by atoms with van der Waals surface area (Å²) in [5.41, 5.74) is 0.593. The molecule has 2 unspecified atom stereocenters. The van der Waals surface area contributed by atoms with Crippen molar-refractivity contribution in [3.63, 3.8) is 0 Å². The van der Waals surface area contributed by atoms with Crippen molar-refractivity contribution in [3.05, 3.63) is 23.5 Å². The van der Waals surface area contributed by atoms with E-state index in [9.17, 15) is 20.6 Å². The molecule has 4 N–H and O–H groups in total. The van der Waals surface area contributed by atoms with Crippen LogP contribution < -0.4 is 0 Å². The third-order valence-corrected chi connectivity index (χ3v) is 6.38. The van der Waals surface area contributed by atoms with Gasteiger partial charge >= 0.3 is 0 Å². The molecule has 1 aliphatic heterocycles. The van der Waals surface area contributed by atoms with Gasteiger partial charge in [0.25, 0.3) is 0 Å². The lowest BCUT2D eigenvalue weighted by atomic mass is 9.89. The van der Waals surface area contributed by atoms with Gasteiger partial charge < -0.3 is 25.2 Å². The number of rotatable bonds is 11. The second-order valence-corrected chi connectivity index (χ2v) is 8.64. The number of hydrogen-bond acceptors (Lipinski definition) is 6. The van der Waals surface area contributed by atoms with Crippen molar-refractivity contribution >= 4 is 0 Å². The highest BCUT2D eigenvalue weighted by Gasteiger charge is 2.47. The average Bonchev–Trinajstić information content (AvgIpc) is 3.24. The molecule has 2 rings (SSSR count). The van der Waals surface area contributed by atoms with E-state index in [4.69, 9.17) is 9.84 Å². The predicted molar refractivity (Wildman–Crippen MR) is 111 cm³/mol. The smallest absolute Gasteiger partial charge is 0.110 e. The van der Waals surface area contributed by atoms with Gasteiger partial charge in [-0.1, -0.05) is 38.8 Å². The van der Waals surface area contributed by atoms with Gasteiger partial charge in [-0.2, -0.15) is 5.26 Å². The van der Waals surface area contributed by atoms with E-state index in [0.717, 1.165) is 19.3 Å². The summed E-state index contributed by atoms with van der Waals surface area (Å²) in [7, 11) is 0. The maximum absolute atomic E-state index is 10.5. The summed E-state index contributed by atoms with van der Waals surface area (Å²) in [6.07, 6.45) is 7.80. The van der Waals surface area contributed by atoms with Gasteiger partial charge in [0.1, 0.15) is 11.9 Å². The normalized spacial score (nSPS) is 31.2. The van der Waals surface area contributed by atoms with Crippen molar-refractivity contribution in [1.82, 2.24) is 0 Å². The van der Waals surface area contributed by atoms with Gasteiger partial charge in [-0.05, 0) is 31.6 Å². The number of ether oxygens (including phenoxy) is 1. The van der Waals surface area contributed by atoms with E-state index >= 15 is 0 Å². The molecule has 0 aromatic heterocycles. The van der Waals surface area contributed by atoms with Crippen LogP contribution in [0.25, 0.3) is 0 Å². The van der Waals surface area contributed by atoms with Crippen LogP contribution in [-0.2, 0) is 4.74 Å². The van der Waals surface area contributed by atoms with Gasteiger partial charge in [-0.15, -0.1) is 0 Å². The zero-order valence-electron chi connectivity index (χ0n) is 17.7. The minimum atomic E-state index is -0.750. The molecule has 7 atom stereocenters. The van der Waals surface area contributed by atoms with Gasteiger partial charge in [0.15, 0.2) is 0 Å². The highest BCUT2D eigenvalue weighted by atomic mass is 16.5. The summed E-state index contributed by atoms with van der Waals surface area (Å²) >= 11 is 0. The predicted octanol–water partition coefficient (Wildman–Crippen LogP) is 2.82. The molecule has 0 bridgehead atoms. The largest absolute Gasteiger partial charge is 0.493 e. The first-order valence-electron chi connectivity index (χ1n) is 11.0. The first-order chi connectivity index (χ1) is 13.9.